The molecule has 0 bridgehead atoms. The highest BCUT2D eigenvalue weighted by atomic mass is 32.2. The molecule has 5 nitrogen and oxygen atoms in total. The van der Waals surface area contributed by atoms with Gasteiger partial charge in [-0.1, -0.05) is 6.92 Å². The van der Waals surface area contributed by atoms with E-state index in [1.165, 1.54) is 0 Å². The van der Waals surface area contributed by atoms with Crippen LogP contribution in [0, 0.1) is 0 Å². The molecule has 0 aliphatic rings. The van der Waals surface area contributed by atoms with Crippen molar-refractivity contribution in [2.24, 2.45) is 0 Å². The molecule has 0 aromatic heterocycles. The Morgan fingerprint density at radius 3 is 2.18 bits per heavy atom. The number of rotatable bonds is 7. The molecule has 0 spiro atoms. The minimum absolute atomic E-state index is 0.0551. The smallest absolute Gasteiger partial charge is 0.218 e. The summed E-state index contributed by atoms with van der Waals surface area (Å²) >= 11 is 0.0551. The lowest BCUT2D eigenvalue weighted by Gasteiger charge is -2.34. The van der Waals surface area contributed by atoms with Crippen LogP contribution in [0.2, 0.25) is 0 Å². The van der Waals surface area contributed by atoms with Crippen molar-refractivity contribution in [2.45, 2.75) is 31.8 Å². The van der Waals surface area contributed by atoms with E-state index in [0.717, 1.165) is 0 Å². The first-order valence-electron chi connectivity index (χ1n) is 5.55. The molecule has 0 radical (unpaired) electrons. The molecule has 0 heterocycles. The van der Waals surface area contributed by atoms with E-state index >= 15 is 0 Å². The Kier molecular flexibility index (Phi) is 6.32. The third-order valence-corrected chi connectivity index (χ3v) is 2.62. The second kappa shape index (κ2) is 6.49. The molecular formula is C11H22NO4S+. The van der Waals surface area contributed by atoms with Crippen LogP contribution in [-0.4, -0.2) is 58.3 Å². The van der Waals surface area contributed by atoms with Crippen LogP contribution in [0.5, 0.6) is 0 Å². The normalized spacial score (nSPS) is 15.4. The monoisotopic (exact) mass is 264 g/mol. The summed E-state index contributed by atoms with van der Waals surface area (Å²) in [5.74, 6) is -0.338. The summed E-state index contributed by atoms with van der Waals surface area (Å²) in [6, 6.07) is 0. The van der Waals surface area contributed by atoms with Crippen molar-refractivity contribution in [3.05, 3.63) is 0 Å². The maximum absolute atomic E-state index is 11.9. The quantitative estimate of drug-likeness (QED) is 0.528. The Labute approximate surface area is 107 Å². The minimum Gasteiger partial charge on any atom is -0.376 e. The van der Waals surface area contributed by atoms with Crippen LogP contribution < -0.4 is 0 Å². The van der Waals surface area contributed by atoms with Crippen LogP contribution in [0.3, 0.4) is 0 Å². The number of quaternary nitrogens is 1. The van der Waals surface area contributed by atoms with Gasteiger partial charge in [0, 0.05) is 6.42 Å². The number of ketones is 1. The second-order valence-corrected chi connectivity index (χ2v) is 5.93. The van der Waals surface area contributed by atoms with Crippen molar-refractivity contribution >= 4 is 22.9 Å². The molecule has 0 aromatic carbocycles. The predicted octanol–water partition coefficient (Wildman–Crippen LogP) is 0.916. The lowest BCUT2D eigenvalue weighted by Crippen LogP contribution is -2.54. The Balaban J connectivity index is 4.92. The number of hydrogen-bond donors (Lipinski definition) is 2. The predicted molar refractivity (Wildman–Crippen MR) is 67.6 cm³/mol. The van der Waals surface area contributed by atoms with Gasteiger partial charge in [-0.05, 0) is 6.42 Å². The van der Waals surface area contributed by atoms with Crippen molar-refractivity contribution in [3.63, 3.8) is 0 Å². The average molecular weight is 264 g/mol. The first-order valence-corrected chi connectivity index (χ1v) is 6.32. The molecule has 0 saturated carbocycles. The minimum atomic E-state index is -1.68. The van der Waals surface area contributed by atoms with E-state index in [0.29, 0.717) is 10.9 Å². The fourth-order valence-corrected chi connectivity index (χ4v) is 2.06. The highest BCUT2D eigenvalue weighted by Crippen LogP contribution is 2.21. The third-order valence-electron chi connectivity index (χ3n) is 2.27. The average Bonchev–Trinajstić information content (AvgIpc) is 2.14. The van der Waals surface area contributed by atoms with Gasteiger partial charge in [0.2, 0.25) is 5.12 Å². The molecule has 0 rings (SSSR count). The van der Waals surface area contributed by atoms with Gasteiger partial charge in [0.1, 0.15) is 6.54 Å². The van der Waals surface area contributed by atoms with Gasteiger partial charge in [-0.2, -0.15) is 0 Å². The van der Waals surface area contributed by atoms with Crippen LogP contribution in [0.25, 0.3) is 0 Å². The number of aliphatic hydroxyl groups is 1. The molecule has 0 aromatic rings. The Morgan fingerprint density at radius 2 is 1.82 bits per heavy atom. The zero-order chi connectivity index (χ0) is 13.7. The maximum atomic E-state index is 11.9. The Hall–Kier alpha value is -0.430. The largest absolute Gasteiger partial charge is 0.376 e. The zero-order valence-electron chi connectivity index (χ0n) is 10.9. The van der Waals surface area contributed by atoms with Crippen molar-refractivity contribution in [1.82, 2.24) is 0 Å². The third kappa shape index (κ3) is 6.16. The van der Waals surface area contributed by atoms with Gasteiger partial charge < -0.3 is 14.1 Å². The number of carbonyl (C=O) groups is 2. The number of nitrogens with zero attached hydrogens (tertiary/aromatic N) is 1. The van der Waals surface area contributed by atoms with Gasteiger partial charge in [0.25, 0.3) is 0 Å². The highest BCUT2D eigenvalue weighted by Gasteiger charge is 2.42. The topological polar surface area (TPSA) is 74.6 Å². The van der Waals surface area contributed by atoms with Gasteiger partial charge in [0.15, 0.2) is 11.4 Å². The number of likely N-dealkylation sites (N-methyl/N-ethyl adjacent to an activating group) is 1. The molecule has 0 aliphatic heterocycles. The van der Waals surface area contributed by atoms with Crippen molar-refractivity contribution < 1.29 is 23.7 Å². The van der Waals surface area contributed by atoms with Crippen LogP contribution in [0.1, 0.15) is 26.2 Å². The van der Waals surface area contributed by atoms with E-state index in [2.05, 4.69) is 0 Å². The summed E-state index contributed by atoms with van der Waals surface area (Å²) < 4.78 is 9.02. The first kappa shape index (κ1) is 16.6. The van der Waals surface area contributed by atoms with Gasteiger partial charge in [0.05, 0.1) is 39.6 Å². The van der Waals surface area contributed by atoms with E-state index in [4.69, 9.17) is 4.55 Å². The van der Waals surface area contributed by atoms with E-state index in [9.17, 15) is 14.7 Å². The van der Waals surface area contributed by atoms with Crippen LogP contribution in [0.4, 0.5) is 0 Å². The van der Waals surface area contributed by atoms with Gasteiger partial charge in [-0.25, -0.2) is 0 Å². The standard InChI is InChI=1S/C11H21NO4S/c1-5-6-9(13)11(15,7-10(14)17-16)8-12(2,3)4/h15H,5-8H2,1-4H3/p+1. The highest BCUT2D eigenvalue weighted by molar-refractivity contribution is 8.08. The summed E-state index contributed by atoms with van der Waals surface area (Å²) in [6.07, 6.45) is 0.515. The SMILES string of the molecule is CCCC(=O)C(O)(CC(=O)SO)C[N+](C)(C)C. The van der Waals surface area contributed by atoms with E-state index < -0.39 is 10.7 Å². The van der Waals surface area contributed by atoms with Gasteiger partial charge >= 0.3 is 0 Å². The van der Waals surface area contributed by atoms with Crippen molar-refractivity contribution in [3.8, 4) is 0 Å². The van der Waals surface area contributed by atoms with E-state index in [1.807, 2.05) is 28.1 Å². The van der Waals surface area contributed by atoms with Crippen molar-refractivity contribution in [2.75, 3.05) is 27.7 Å². The van der Waals surface area contributed by atoms with E-state index in [1.54, 1.807) is 0 Å². The lowest BCUT2D eigenvalue weighted by atomic mass is 9.91. The van der Waals surface area contributed by atoms with Gasteiger partial charge in [-0.3, -0.25) is 9.59 Å². The Bertz CT molecular complexity index is 288. The number of hydrogen-bond acceptors (Lipinski definition) is 5. The molecule has 0 aliphatic carbocycles. The fourth-order valence-electron chi connectivity index (χ4n) is 1.76. The molecular weight excluding hydrogens is 242 g/mol. The molecule has 2 N–H and O–H groups in total. The fraction of sp³-hybridized carbons (Fsp3) is 0.818. The molecule has 1 atom stereocenters. The molecule has 6 heteroatoms. The van der Waals surface area contributed by atoms with E-state index in [-0.39, 0.29) is 37.2 Å². The van der Waals surface area contributed by atoms with Crippen LogP contribution in [0.15, 0.2) is 0 Å². The number of carbonyl (C=O) groups excluding carboxylic acids is 2. The van der Waals surface area contributed by atoms with Crippen LogP contribution in [-0.2, 0) is 9.59 Å². The Morgan fingerprint density at radius 1 is 1.29 bits per heavy atom. The number of Topliss-reactive ketones (excluding diaryl/α,β-unsaturated/α-hetero) is 1. The molecule has 0 amide bonds. The summed E-state index contributed by atoms with van der Waals surface area (Å²) in [5.41, 5.74) is -1.68. The summed E-state index contributed by atoms with van der Waals surface area (Å²) in [5, 5.41) is 9.75. The zero-order valence-corrected chi connectivity index (χ0v) is 11.7. The molecule has 0 fully saturated rings. The van der Waals surface area contributed by atoms with Crippen molar-refractivity contribution in [1.29, 1.82) is 0 Å². The van der Waals surface area contributed by atoms with Crippen LogP contribution >= 0.6 is 12.0 Å². The lowest BCUT2D eigenvalue weighted by molar-refractivity contribution is -0.875. The maximum Gasteiger partial charge on any atom is 0.218 e. The molecule has 100 valence electrons. The summed E-state index contributed by atoms with van der Waals surface area (Å²) in [7, 11) is 5.50. The second-order valence-electron chi connectivity index (χ2n) is 5.29. The molecule has 17 heavy (non-hydrogen) atoms. The van der Waals surface area contributed by atoms with Gasteiger partial charge in [-0.15, -0.1) is 0 Å². The molecule has 0 saturated heterocycles. The summed E-state index contributed by atoms with van der Waals surface area (Å²) in [4.78, 5) is 23.1. The summed E-state index contributed by atoms with van der Waals surface area (Å²) in [6.45, 7) is 1.99. The first-order chi connectivity index (χ1) is 7.64. The molecule has 1 unspecified atom stereocenters.